The fraction of sp³-hybridized carbons (Fsp3) is 0.400. The zero-order valence-corrected chi connectivity index (χ0v) is 18.5. The third-order valence-electron chi connectivity index (χ3n) is 6.11. The molecule has 3 amide bonds. The van der Waals surface area contributed by atoms with Crippen molar-refractivity contribution >= 4 is 29.1 Å². The molecule has 32 heavy (non-hydrogen) atoms. The summed E-state index contributed by atoms with van der Waals surface area (Å²) >= 11 is 0. The van der Waals surface area contributed by atoms with E-state index in [1.54, 1.807) is 4.90 Å². The first-order valence-corrected chi connectivity index (χ1v) is 11.2. The SMILES string of the molecule is Cc1ccc(CC(=O)N2CCN(CC(=O)Nc3ccccc3N3CCCC3=O)CC2)cc1. The molecular formula is C25H30N4O3. The van der Waals surface area contributed by atoms with E-state index in [1.165, 1.54) is 5.56 Å². The normalized spacial score (nSPS) is 17.0. The third-order valence-corrected chi connectivity index (χ3v) is 6.11. The van der Waals surface area contributed by atoms with Crippen LogP contribution < -0.4 is 10.2 Å². The van der Waals surface area contributed by atoms with Gasteiger partial charge in [0.05, 0.1) is 24.3 Å². The fourth-order valence-electron chi connectivity index (χ4n) is 4.26. The van der Waals surface area contributed by atoms with Crippen molar-refractivity contribution in [3.05, 3.63) is 59.7 Å². The summed E-state index contributed by atoms with van der Waals surface area (Å²) in [6, 6.07) is 15.5. The van der Waals surface area contributed by atoms with Crippen LogP contribution in [-0.4, -0.2) is 66.8 Å². The van der Waals surface area contributed by atoms with Crippen molar-refractivity contribution in [2.45, 2.75) is 26.2 Å². The number of benzene rings is 2. The molecule has 0 saturated carbocycles. The van der Waals surface area contributed by atoms with Crippen LogP contribution in [0, 0.1) is 6.92 Å². The second-order valence-corrected chi connectivity index (χ2v) is 8.53. The number of nitrogens with one attached hydrogen (secondary N) is 1. The maximum absolute atomic E-state index is 12.7. The largest absolute Gasteiger partial charge is 0.340 e. The van der Waals surface area contributed by atoms with Crippen molar-refractivity contribution in [2.24, 2.45) is 0 Å². The number of carbonyl (C=O) groups is 3. The highest BCUT2D eigenvalue weighted by Gasteiger charge is 2.25. The topological polar surface area (TPSA) is 73.0 Å². The second kappa shape index (κ2) is 9.96. The van der Waals surface area contributed by atoms with Crippen molar-refractivity contribution in [1.29, 1.82) is 0 Å². The lowest BCUT2D eigenvalue weighted by atomic mass is 10.1. The summed E-state index contributed by atoms with van der Waals surface area (Å²) in [5.74, 6) is 0.115. The van der Waals surface area contributed by atoms with Gasteiger partial charge in [-0.1, -0.05) is 42.0 Å². The van der Waals surface area contributed by atoms with Gasteiger partial charge in [0.2, 0.25) is 17.7 Å². The molecule has 168 valence electrons. The second-order valence-electron chi connectivity index (χ2n) is 8.53. The summed E-state index contributed by atoms with van der Waals surface area (Å²) in [7, 11) is 0. The Balaban J connectivity index is 1.27. The van der Waals surface area contributed by atoms with Gasteiger partial charge in [-0.05, 0) is 31.0 Å². The number of anilines is 2. The van der Waals surface area contributed by atoms with Crippen LogP contribution in [0.5, 0.6) is 0 Å². The van der Waals surface area contributed by atoms with Crippen LogP contribution in [0.15, 0.2) is 48.5 Å². The Morgan fingerprint density at radius 2 is 1.66 bits per heavy atom. The lowest BCUT2D eigenvalue weighted by Gasteiger charge is -2.34. The molecule has 2 saturated heterocycles. The molecule has 0 bridgehead atoms. The average Bonchev–Trinajstić information content (AvgIpc) is 3.22. The molecule has 7 nitrogen and oxygen atoms in total. The molecule has 0 aromatic heterocycles. The van der Waals surface area contributed by atoms with Gasteiger partial charge in [-0.25, -0.2) is 0 Å². The van der Waals surface area contributed by atoms with Crippen molar-refractivity contribution in [3.8, 4) is 0 Å². The molecule has 2 aliphatic rings. The Morgan fingerprint density at radius 1 is 0.938 bits per heavy atom. The fourth-order valence-corrected chi connectivity index (χ4v) is 4.26. The van der Waals surface area contributed by atoms with E-state index in [0.717, 1.165) is 17.7 Å². The minimum Gasteiger partial charge on any atom is -0.340 e. The zero-order chi connectivity index (χ0) is 22.5. The smallest absolute Gasteiger partial charge is 0.238 e. The molecule has 2 aromatic rings. The van der Waals surface area contributed by atoms with E-state index < -0.39 is 0 Å². The average molecular weight is 435 g/mol. The van der Waals surface area contributed by atoms with Gasteiger partial charge in [0, 0.05) is 39.1 Å². The van der Waals surface area contributed by atoms with Crippen molar-refractivity contribution in [1.82, 2.24) is 9.80 Å². The number of hydrogen-bond acceptors (Lipinski definition) is 4. The van der Waals surface area contributed by atoms with Gasteiger partial charge in [0.15, 0.2) is 0 Å². The third kappa shape index (κ3) is 5.34. The molecule has 4 rings (SSSR count). The van der Waals surface area contributed by atoms with Gasteiger partial charge in [-0.2, -0.15) is 0 Å². The summed E-state index contributed by atoms with van der Waals surface area (Å²) in [4.78, 5) is 43.1. The van der Waals surface area contributed by atoms with E-state index in [2.05, 4.69) is 10.2 Å². The number of hydrogen-bond donors (Lipinski definition) is 1. The Labute approximate surface area is 189 Å². The van der Waals surface area contributed by atoms with Crippen LogP contribution in [0.2, 0.25) is 0 Å². The molecule has 7 heteroatoms. The summed E-state index contributed by atoms with van der Waals surface area (Å²) in [5, 5.41) is 2.97. The molecule has 0 spiro atoms. The van der Waals surface area contributed by atoms with Gasteiger partial charge in [0.1, 0.15) is 0 Å². The van der Waals surface area contributed by atoms with E-state index >= 15 is 0 Å². The Morgan fingerprint density at radius 3 is 2.34 bits per heavy atom. The van der Waals surface area contributed by atoms with E-state index in [4.69, 9.17) is 0 Å². The molecular weight excluding hydrogens is 404 g/mol. The molecule has 0 unspecified atom stereocenters. The Bertz CT molecular complexity index is 981. The Kier molecular flexibility index (Phi) is 6.85. The standard InChI is InChI=1S/C25H30N4O3/c1-19-8-10-20(11-9-19)17-25(32)28-15-13-27(14-16-28)18-23(30)26-21-5-2-3-6-22(21)29-12-4-7-24(29)31/h2-3,5-6,8-11H,4,7,12-18H2,1H3,(H,26,30). The van der Waals surface area contributed by atoms with Crippen LogP contribution in [0.1, 0.15) is 24.0 Å². The van der Waals surface area contributed by atoms with Gasteiger partial charge < -0.3 is 15.1 Å². The lowest BCUT2D eigenvalue weighted by Crippen LogP contribution is -2.50. The van der Waals surface area contributed by atoms with Gasteiger partial charge in [0.25, 0.3) is 0 Å². The highest BCUT2D eigenvalue weighted by molar-refractivity contribution is 6.02. The van der Waals surface area contributed by atoms with Gasteiger partial charge >= 0.3 is 0 Å². The quantitative estimate of drug-likeness (QED) is 0.758. The molecule has 0 atom stereocenters. The zero-order valence-electron chi connectivity index (χ0n) is 18.5. The maximum atomic E-state index is 12.7. The van der Waals surface area contributed by atoms with Crippen molar-refractivity contribution in [3.63, 3.8) is 0 Å². The minimum atomic E-state index is -0.108. The molecule has 2 fully saturated rings. The first-order valence-electron chi connectivity index (χ1n) is 11.2. The number of carbonyl (C=O) groups excluding carboxylic acids is 3. The number of rotatable bonds is 6. The highest BCUT2D eigenvalue weighted by atomic mass is 16.2. The number of amides is 3. The maximum Gasteiger partial charge on any atom is 0.238 e. The molecule has 0 aliphatic carbocycles. The Hall–Kier alpha value is -3.19. The highest BCUT2D eigenvalue weighted by Crippen LogP contribution is 2.29. The molecule has 2 aromatic carbocycles. The summed E-state index contributed by atoms with van der Waals surface area (Å²) in [6.45, 7) is 5.56. The minimum absolute atomic E-state index is 0.0955. The van der Waals surface area contributed by atoms with Crippen LogP contribution >= 0.6 is 0 Å². The predicted octanol–water partition coefficient (Wildman–Crippen LogP) is 2.45. The summed E-state index contributed by atoms with van der Waals surface area (Å²) in [6.07, 6.45) is 1.80. The van der Waals surface area contributed by atoms with E-state index in [-0.39, 0.29) is 24.3 Å². The number of nitrogens with zero attached hydrogens (tertiary/aromatic N) is 3. The van der Waals surface area contributed by atoms with Crippen LogP contribution in [-0.2, 0) is 20.8 Å². The number of para-hydroxylation sites is 2. The lowest BCUT2D eigenvalue weighted by molar-refractivity contribution is -0.132. The molecule has 0 radical (unpaired) electrons. The van der Waals surface area contributed by atoms with Gasteiger partial charge in [-0.15, -0.1) is 0 Å². The van der Waals surface area contributed by atoms with E-state index in [9.17, 15) is 14.4 Å². The van der Waals surface area contributed by atoms with Crippen LogP contribution in [0.25, 0.3) is 0 Å². The van der Waals surface area contributed by atoms with Crippen molar-refractivity contribution in [2.75, 3.05) is 49.5 Å². The van der Waals surface area contributed by atoms with Crippen LogP contribution in [0.3, 0.4) is 0 Å². The number of piperazine rings is 1. The van der Waals surface area contributed by atoms with Crippen LogP contribution in [0.4, 0.5) is 11.4 Å². The first kappa shape index (κ1) is 22.0. The monoisotopic (exact) mass is 434 g/mol. The molecule has 2 aliphatic heterocycles. The molecule has 1 N–H and O–H groups in total. The first-order chi connectivity index (χ1) is 15.5. The van der Waals surface area contributed by atoms with Crippen molar-refractivity contribution < 1.29 is 14.4 Å². The summed E-state index contributed by atoms with van der Waals surface area (Å²) in [5.41, 5.74) is 3.63. The van der Waals surface area contributed by atoms with E-state index in [1.807, 2.05) is 60.4 Å². The summed E-state index contributed by atoms with van der Waals surface area (Å²) < 4.78 is 0. The number of aryl methyl sites for hydroxylation is 1. The molecule has 2 heterocycles. The van der Waals surface area contributed by atoms with E-state index in [0.29, 0.717) is 51.3 Å². The van der Waals surface area contributed by atoms with Gasteiger partial charge in [-0.3, -0.25) is 19.3 Å². The predicted molar refractivity (Wildman–Crippen MR) is 125 cm³/mol.